The third kappa shape index (κ3) is 3.96. The lowest BCUT2D eigenvalue weighted by Gasteiger charge is -2.34. The summed E-state index contributed by atoms with van der Waals surface area (Å²) in [6.45, 7) is 1.74. The number of carbonyl (C=O) groups excluding carboxylic acids is 1. The predicted octanol–water partition coefficient (Wildman–Crippen LogP) is 3.78. The first kappa shape index (κ1) is 21.6. The summed E-state index contributed by atoms with van der Waals surface area (Å²) in [7, 11) is -4.00. The van der Waals surface area contributed by atoms with E-state index in [4.69, 9.17) is 10.5 Å². The fourth-order valence-corrected chi connectivity index (χ4v) is 5.01. The molecule has 0 saturated carbocycles. The van der Waals surface area contributed by atoms with E-state index in [1.807, 2.05) is 0 Å². The molecule has 32 heavy (non-hydrogen) atoms. The number of carbonyl (C=O) groups is 1. The number of nitrogen functional groups attached to an aromatic ring is 1. The number of amides is 1. The van der Waals surface area contributed by atoms with E-state index in [0.717, 1.165) is 22.5 Å². The van der Waals surface area contributed by atoms with Crippen LogP contribution in [-0.4, -0.2) is 27.0 Å². The SMILES string of the molecule is C[C@H]1CN(S(=O)(=O)c2cccc(N)c2)c2cc(NC(=O)c3c(F)cccc3F)ccc2O1. The summed E-state index contributed by atoms with van der Waals surface area (Å²) < 4.78 is 61.4. The molecule has 0 spiro atoms. The molecule has 1 heterocycles. The van der Waals surface area contributed by atoms with Crippen LogP contribution in [0.2, 0.25) is 0 Å². The number of ether oxygens (including phenoxy) is 1. The largest absolute Gasteiger partial charge is 0.487 e. The van der Waals surface area contributed by atoms with Crippen LogP contribution in [0.5, 0.6) is 5.75 Å². The van der Waals surface area contributed by atoms with Gasteiger partial charge in [0.25, 0.3) is 15.9 Å². The standard InChI is InChI=1S/C22H19F2N3O4S/c1-13-12-27(32(29,30)16-5-2-4-14(25)10-16)19-11-15(8-9-20(19)31-13)26-22(28)21-17(23)6-3-7-18(21)24/h2-11,13H,12,25H2,1H3,(H,26,28)/t13-/m0/s1. The molecule has 3 aromatic carbocycles. The van der Waals surface area contributed by atoms with Gasteiger partial charge in [0.1, 0.15) is 29.1 Å². The van der Waals surface area contributed by atoms with Crippen LogP contribution in [-0.2, 0) is 10.0 Å². The number of hydrogen-bond acceptors (Lipinski definition) is 5. The number of sulfonamides is 1. The molecule has 0 aromatic heterocycles. The van der Waals surface area contributed by atoms with Crippen molar-refractivity contribution in [2.75, 3.05) is 21.9 Å². The average molecular weight is 459 g/mol. The molecule has 3 N–H and O–H groups in total. The first-order chi connectivity index (χ1) is 15.2. The summed E-state index contributed by atoms with van der Waals surface area (Å²) >= 11 is 0. The van der Waals surface area contributed by atoms with Gasteiger partial charge in [-0.2, -0.15) is 0 Å². The van der Waals surface area contributed by atoms with Gasteiger partial charge in [0.15, 0.2) is 0 Å². The monoisotopic (exact) mass is 459 g/mol. The Bertz CT molecular complexity index is 1290. The maximum absolute atomic E-state index is 13.9. The molecule has 1 atom stereocenters. The molecule has 166 valence electrons. The molecule has 7 nitrogen and oxygen atoms in total. The Hall–Kier alpha value is -3.66. The summed E-state index contributed by atoms with van der Waals surface area (Å²) in [6, 6.07) is 13.3. The third-order valence-electron chi connectivity index (χ3n) is 4.87. The zero-order valence-electron chi connectivity index (χ0n) is 16.9. The van der Waals surface area contributed by atoms with E-state index >= 15 is 0 Å². The second kappa shape index (κ2) is 8.12. The van der Waals surface area contributed by atoms with E-state index in [0.29, 0.717) is 5.69 Å². The molecule has 1 aliphatic rings. The zero-order valence-corrected chi connectivity index (χ0v) is 17.7. The molecular weight excluding hydrogens is 440 g/mol. The molecule has 1 aliphatic heterocycles. The van der Waals surface area contributed by atoms with Crippen molar-refractivity contribution >= 4 is 33.0 Å². The molecule has 0 saturated heterocycles. The van der Waals surface area contributed by atoms with Crippen molar-refractivity contribution in [3.05, 3.63) is 77.9 Å². The van der Waals surface area contributed by atoms with E-state index in [2.05, 4.69) is 5.32 Å². The van der Waals surface area contributed by atoms with Gasteiger partial charge in [0.05, 0.1) is 17.1 Å². The Labute approximate surface area is 183 Å². The molecule has 0 radical (unpaired) electrons. The van der Waals surface area contributed by atoms with Crippen LogP contribution in [0.3, 0.4) is 0 Å². The number of anilines is 3. The highest BCUT2D eigenvalue weighted by Gasteiger charge is 2.33. The van der Waals surface area contributed by atoms with E-state index in [1.165, 1.54) is 36.4 Å². The molecule has 0 aliphatic carbocycles. The normalized spacial score (nSPS) is 15.6. The van der Waals surface area contributed by atoms with Gasteiger partial charge >= 0.3 is 0 Å². The molecule has 0 bridgehead atoms. The highest BCUT2D eigenvalue weighted by atomic mass is 32.2. The minimum absolute atomic E-state index is 0.000385. The fraction of sp³-hybridized carbons (Fsp3) is 0.136. The highest BCUT2D eigenvalue weighted by molar-refractivity contribution is 7.92. The average Bonchev–Trinajstić information content (AvgIpc) is 2.73. The lowest BCUT2D eigenvalue weighted by molar-refractivity contribution is 0.101. The van der Waals surface area contributed by atoms with Gasteiger partial charge in [-0.1, -0.05) is 12.1 Å². The van der Waals surface area contributed by atoms with Crippen LogP contribution in [0.25, 0.3) is 0 Å². The van der Waals surface area contributed by atoms with Crippen LogP contribution in [0.15, 0.2) is 65.6 Å². The molecule has 1 amide bonds. The Morgan fingerprint density at radius 2 is 1.78 bits per heavy atom. The second-order valence-electron chi connectivity index (χ2n) is 7.27. The number of fused-ring (bicyclic) bond motifs is 1. The number of hydrogen-bond donors (Lipinski definition) is 2. The van der Waals surface area contributed by atoms with Crippen molar-refractivity contribution in [3.8, 4) is 5.75 Å². The first-order valence-electron chi connectivity index (χ1n) is 9.61. The van der Waals surface area contributed by atoms with E-state index in [9.17, 15) is 22.0 Å². The van der Waals surface area contributed by atoms with Crippen LogP contribution >= 0.6 is 0 Å². The molecule has 10 heteroatoms. The van der Waals surface area contributed by atoms with E-state index in [1.54, 1.807) is 13.0 Å². The molecule has 4 rings (SSSR count). The van der Waals surface area contributed by atoms with Gasteiger partial charge in [0.2, 0.25) is 0 Å². The van der Waals surface area contributed by atoms with E-state index < -0.39 is 39.2 Å². The first-order valence-corrected chi connectivity index (χ1v) is 11.0. The number of nitrogens with two attached hydrogens (primary N) is 1. The molecule has 3 aromatic rings. The van der Waals surface area contributed by atoms with Gasteiger partial charge in [-0.15, -0.1) is 0 Å². The highest BCUT2D eigenvalue weighted by Crippen LogP contribution is 2.39. The number of benzene rings is 3. The minimum atomic E-state index is -4.00. The van der Waals surface area contributed by atoms with Crippen molar-refractivity contribution in [3.63, 3.8) is 0 Å². The van der Waals surface area contributed by atoms with Gasteiger partial charge in [-0.25, -0.2) is 17.2 Å². The number of rotatable bonds is 4. The minimum Gasteiger partial charge on any atom is -0.487 e. The quantitative estimate of drug-likeness (QED) is 0.579. The number of nitrogens with one attached hydrogen (secondary N) is 1. The lowest BCUT2D eigenvalue weighted by Crippen LogP contribution is -2.42. The fourth-order valence-electron chi connectivity index (χ4n) is 3.41. The maximum Gasteiger partial charge on any atom is 0.264 e. The lowest BCUT2D eigenvalue weighted by atomic mass is 10.1. The number of nitrogens with zero attached hydrogens (tertiary/aromatic N) is 1. The second-order valence-corrected chi connectivity index (χ2v) is 9.13. The topological polar surface area (TPSA) is 102 Å². The Balaban J connectivity index is 1.72. The van der Waals surface area contributed by atoms with E-state index in [-0.39, 0.29) is 28.6 Å². The van der Waals surface area contributed by atoms with Gasteiger partial charge < -0.3 is 15.8 Å². The maximum atomic E-state index is 13.9. The number of halogens is 2. The Kier molecular flexibility index (Phi) is 5.47. The third-order valence-corrected chi connectivity index (χ3v) is 6.65. The van der Waals surface area contributed by atoms with Gasteiger partial charge in [-0.05, 0) is 55.5 Å². The zero-order chi connectivity index (χ0) is 23.0. The Morgan fingerprint density at radius 1 is 1.09 bits per heavy atom. The van der Waals surface area contributed by atoms with Gasteiger partial charge in [0, 0.05) is 11.4 Å². The van der Waals surface area contributed by atoms with Crippen molar-refractivity contribution < 1.29 is 26.7 Å². The summed E-state index contributed by atoms with van der Waals surface area (Å²) in [5.41, 5.74) is 5.62. The summed E-state index contributed by atoms with van der Waals surface area (Å²) in [4.78, 5) is 12.4. The van der Waals surface area contributed by atoms with Crippen molar-refractivity contribution in [2.45, 2.75) is 17.9 Å². The van der Waals surface area contributed by atoms with Gasteiger partial charge in [-0.3, -0.25) is 9.10 Å². The molecular formula is C22H19F2N3O4S. The summed E-state index contributed by atoms with van der Waals surface area (Å²) in [6.07, 6.45) is -0.439. The summed E-state index contributed by atoms with van der Waals surface area (Å²) in [5.74, 6) is -2.74. The smallest absolute Gasteiger partial charge is 0.264 e. The van der Waals surface area contributed by atoms with Crippen LogP contribution in [0.1, 0.15) is 17.3 Å². The van der Waals surface area contributed by atoms with Crippen molar-refractivity contribution in [2.24, 2.45) is 0 Å². The molecule has 0 fully saturated rings. The Morgan fingerprint density at radius 3 is 2.47 bits per heavy atom. The summed E-state index contributed by atoms with van der Waals surface area (Å²) in [5, 5.41) is 2.41. The van der Waals surface area contributed by atoms with Crippen LogP contribution in [0.4, 0.5) is 25.8 Å². The van der Waals surface area contributed by atoms with Crippen molar-refractivity contribution in [1.82, 2.24) is 0 Å². The molecule has 0 unspecified atom stereocenters. The predicted molar refractivity (Wildman–Crippen MR) is 116 cm³/mol. The van der Waals surface area contributed by atoms with Crippen LogP contribution < -0.4 is 20.1 Å². The van der Waals surface area contributed by atoms with Crippen LogP contribution in [0, 0.1) is 11.6 Å². The van der Waals surface area contributed by atoms with Crippen molar-refractivity contribution in [1.29, 1.82) is 0 Å².